The van der Waals surface area contributed by atoms with E-state index in [9.17, 15) is 9.18 Å². The zero-order chi connectivity index (χ0) is 17.1. The predicted molar refractivity (Wildman–Crippen MR) is 96.3 cm³/mol. The SMILES string of the molecule is CCN(CC)C(=O)C1=C(C)NC(=S)N[C@@H]1c1ccc(Br)cc1F. The van der Waals surface area contributed by atoms with E-state index in [0.29, 0.717) is 39.5 Å². The number of halogens is 2. The molecule has 1 aliphatic rings. The van der Waals surface area contributed by atoms with E-state index in [0.717, 1.165) is 0 Å². The molecule has 4 nitrogen and oxygen atoms in total. The summed E-state index contributed by atoms with van der Waals surface area (Å²) < 4.78 is 15.1. The van der Waals surface area contributed by atoms with E-state index in [1.165, 1.54) is 6.07 Å². The number of nitrogens with one attached hydrogen (secondary N) is 2. The molecule has 0 bridgehead atoms. The van der Waals surface area contributed by atoms with Gasteiger partial charge in [-0.1, -0.05) is 22.0 Å². The number of amides is 1. The second-order valence-corrected chi connectivity index (χ2v) is 6.54. The van der Waals surface area contributed by atoms with Crippen LogP contribution in [0.4, 0.5) is 4.39 Å². The van der Waals surface area contributed by atoms with E-state index < -0.39 is 6.04 Å². The summed E-state index contributed by atoms with van der Waals surface area (Å²) in [6.07, 6.45) is 0. The summed E-state index contributed by atoms with van der Waals surface area (Å²) in [6, 6.07) is 4.19. The largest absolute Gasteiger partial charge is 0.351 e. The van der Waals surface area contributed by atoms with Crippen molar-refractivity contribution in [2.45, 2.75) is 26.8 Å². The Hall–Kier alpha value is -1.47. The normalized spacial score (nSPS) is 17.6. The number of nitrogens with zero attached hydrogens (tertiary/aromatic N) is 1. The molecule has 2 rings (SSSR count). The van der Waals surface area contributed by atoms with Gasteiger partial charge in [0.1, 0.15) is 5.82 Å². The lowest BCUT2D eigenvalue weighted by atomic mass is 9.94. The zero-order valence-electron chi connectivity index (χ0n) is 13.2. The summed E-state index contributed by atoms with van der Waals surface area (Å²) in [5, 5.41) is 6.36. The molecule has 0 saturated carbocycles. The fraction of sp³-hybridized carbons (Fsp3) is 0.375. The Morgan fingerprint density at radius 1 is 1.39 bits per heavy atom. The van der Waals surface area contributed by atoms with Crippen molar-refractivity contribution in [2.75, 3.05) is 13.1 Å². The molecule has 1 aromatic carbocycles. The van der Waals surface area contributed by atoms with Gasteiger partial charge in [0, 0.05) is 28.8 Å². The quantitative estimate of drug-likeness (QED) is 0.762. The highest BCUT2D eigenvalue weighted by atomic mass is 79.9. The van der Waals surface area contributed by atoms with Crippen LogP contribution in [0, 0.1) is 5.82 Å². The molecule has 0 unspecified atom stereocenters. The topological polar surface area (TPSA) is 44.4 Å². The van der Waals surface area contributed by atoms with E-state index in [2.05, 4.69) is 26.6 Å². The van der Waals surface area contributed by atoms with Crippen LogP contribution < -0.4 is 10.6 Å². The first-order valence-corrected chi connectivity index (χ1v) is 8.61. The molecule has 124 valence electrons. The molecule has 0 saturated heterocycles. The van der Waals surface area contributed by atoms with Gasteiger partial charge in [0.05, 0.1) is 11.6 Å². The molecule has 0 aromatic heterocycles. The van der Waals surface area contributed by atoms with Crippen LogP contribution in [-0.4, -0.2) is 29.0 Å². The van der Waals surface area contributed by atoms with Crippen LogP contribution in [0.25, 0.3) is 0 Å². The summed E-state index contributed by atoms with van der Waals surface area (Å²) in [6.45, 7) is 6.80. The minimum Gasteiger partial charge on any atom is -0.351 e. The van der Waals surface area contributed by atoms with E-state index >= 15 is 0 Å². The summed E-state index contributed by atoms with van der Waals surface area (Å²) in [5.74, 6) is -0.512. The van der Waals surface area contributed by atoms with Crippen LogP contribution in [0.2, 0.25) is 0 Å². The molecule has 23 heavy (non-hydrogen) atoms. The second-order valence-electron chi connectivity index (χ2n) is 5.21. The van der Waals surface area contributed by atoms with Crippen LogP contribution in [0.15, 0.2) is 33.9 Å². The number of carbonyl (C=O) groups excluding carboxylic acids is 1. The Labute approximate surface area is 149 Å². The van der Waals surface area contributed by atoms with Crippen molar-refractivity contribution in [2.24, 2.45) is 0 Å². The van der Waals surface area contributed by atoms with Gasteiger partial charge in [-0.25, -0.2) is 4.39 Å². The minimum atomic E-state index is -0.607. The van der Waals surface area contributed by atoms with Crippen LogP contribution in [-0.2, 0) is 4.79 Å². The molecule has 1 aromatic rings. The molecule has 1 atom stereocenters. The summed E-state index contributed by atoms with van der Waals surface area (Å²) in [7, 11) is 0. The Morgan fingerprint density at radius 2 is 2.04 bits per heavy atom. The van der Waals surface area contributed by atoms with Crippen molar-refractivity contribution in [3.05, 3.63) is 45.3 Å². The molecule has 0 radical (unpaired) electrons. The molecule has 0 fully saturated rings. The minimum absolute atomic E-state index is 0.123. The number of carbonyl (C=O) groups is 1. The van der Waals surface area contributed by atoms with Gasteiger partial charge < -0.3 is 15.5 Å². The Bertz CT molecular complexity index is 673. The molecule has 1 heterocycles. The molecular formula is C16H19BrFN3OS. The van der Waals surface area contributed by atoms with Crippen LogP contribution in [0.1, 0.15) is 32.4 Å². The second kappa shape index (κ2) is 7.40. The van der Waals surface area contributed by atoms with Gasteiger partial charge in [-0.2, -0.15) is 0 Å². The maximum Gasteiger partial charge on any atom is 0.253 e. The van der Waals surface area contributed by atoms with Gasteiger partial charge in [-0.05, 0) is 45.1 Å². The van der Waals surface area contributed by atoms with Gasteiger partial charge in [0.25, 0.3) is 5.91 Å². The molecule has 2 N–H and O–H groups in total. The third-order valence-electron chi connectivity index (χ3n) is 3.82. The first kappa shape index (κ1) is 17.9. The first-order valence-electron chi connectivity index (χ1n) is 7.41. The van der Waals surface area contributed by atoms with Gasteiger partial charge in [0.2, 0.25) is 0 Å². The fourth-order valence-electron chi connectivity index (χ4n) is 2.63. The van der Waals surface area contributed by atoms with Gasteiger partial charge in [-0.3, -0.25) is 4.79 Å². The van der Waals surface area contributed by atoms with E-state index in [1.54, 1.807) is 24.0 Å². The number of hydrogen-bond donors (Lipinski definition) is 2. The smallest absolute Gasteiger partial charge is 0.253 e. The molecular weight excluding hydrogens is 381 g/mol. The maximum absolute atomic E-state index is 14.4. The third kappa shape index (κ3) is 3.72. The van der Waals surface area contributed by atoms with Crippen molar-refractivity contribution < 1.29 is 9.18 Å². The first-order chi connectivity index (χ1) is 10.9. The fourth-order valence-corrected chi connectivity index (χ4v) is 3.23. The van der Waals surface area contributed by atoms with E-state index in [1.807, 2.05) is 13.8 Å². The summed E-state index contributed by atoms with van der Waals surface area (Å²) >= 11 is 8.43. The summed E-state index contributed by atoms with van der Waals surface area (Å²) in [5.41, 5.74) is 1.54. The van der Waals surface area contributed by atoms with Crippen molar-refractivity contribution in [3.8, 4) is 0 Å². The van der Waals surface area contributed by atoms with E-state index in [-0.39, 0.29) is 11.7 Å². The lowest BCUT2D eigenvalue weighted by Crippen LogP contribution is -2.47. The van der Waals surface area contributed by atoms with Crippen LogP contribution in [0.5, 0.6) is 0 Å². The highest BCUT2D eigenvalue weighted by Crippen LogP contribution is 2.31. The average molecular weight is 400 g/mol. The summed E-state index contributed by atoms with van der Waals surface area (Å²) in [4.78, 5) is 14.6. The zero-order valence-corrected chi connectivity index (χ0v) is 15.6. The van der Waals surface area contributed by atoms with Crippen LogP contribution in [0.3, 0.4) is 0 Å². The predicted octanol–water partition coefficient (Wildman–Crippen LogP) is 3.25. The molecule has 1 amide bonds. The van der Waals surface area contributed by atoms with Crippen molar-refractivity contribution in [1.29, 1.82) is 0 Å². The van der Waals surface area contributed by atoms with Crippen molar-refractivity contribution in [1.82, 2.24) is 15.5 Å². The monoisotopic (exact) mass is 399 g/mol. The molecule has 7 heteroatoms. The molecule has 0 aliphatic carbocycles. The van der Waals surface area contributed by atoms with E-state index in [4.69, 9.17) is 12.2 Å². The number of hydrogen-bond acceptors (Lipinski definition) is 2. The maximum atomic E-state index is 14.4. The Morgan fingerprint density at radius 3 is 2.61 bits per heavy atom. The Balaban J connectivity index is 2.52. The lowest BCUT2D eigenvalue weighted by Gasteiger charge is -2.33. The number of rotatable bonds is 4. The average Bonchev–Trinajstić information content (AvgIpc) is 2.47. The number of likely N-dealkylation sites (N-methyl/N-ethyl adjacent to an activating group) is 1. The van der Waals surface area contributed by atoms with Gasteiger partial charge in [-0.15, -0.1) is 0 Å². The number of allylic oxidation sites excluding steroid dienone is 1. The van der Waals surface area contributed by atoms with Gasteiger partial charge in [0.15, 0.2) is 5.11 Å². The number of thiocarbonyl (C=S) groups is 1. The highest BCUT2D eigenvalue weighted by molar-refractivity contribution is 9.10. The number of benzene rings is 1. The van der Waals surface area contributed by atoms with Crippen LogP contribution >= 0.6 is 28.1 Å². The molecule has 1 aliphatic heterocycles. The van der Waals surface area contributed by atoms with Crippen molar-refractivity contribution >= 4 is 39.2 Å². The Kier molecular flexibility index (Phi) is 5.75. The molecule has 0 spiro atoms. The third-order valence-corrected chi connectivity index (χ3v) is 4.54. The standard InChI is InChI=1S/C16H19BrFN3OS/c1-4-21(5-2)15(22)13-9(3)19-16(23)20-14(13)11-7-6-10(17)8-12(11)18/h6-8,14H,4-5H2,1-3H3,(H2,19,20,23)/t14-/m1/s1. The highest BCUT2D eigenvalue weighted by Gasteiger charge is 2.33. The van der Waals surface area contributed by atoms with Gasteiger partial charge >= 0.3 is 0 Å². The van der Waals surface area contributed by atoms with Crippen molar-refractivity contribution in [3.63, 3.8) is 0 Å². The lowest BCUT2D eigenvalue weighted by molar-refractivity contribution is -0.127.